The number of nitrogens with zero attached hydrogens (tertiary/aromatic N) is 1. The van der Waals surface area contributed by atoms with E-state index in [0.29, 0.717) is 6.61 Å². The van der Waals surface area contributed by atoms with E-state index in [1.807, 2.05) is 13.8 Å². The molecule has 0 aliphatic rings. The molecule has 94 valence electrons. The fraction of sp³-hybridized carbons (Fsp3) is 0.800. The van der Waals surface area contributed by atoms with Crippen LogP contribution in [0, 0.1) is 5.92 Å². The summed E-state index contributed by atoms with van der Waals surface area (Å²) in [6.07, 6.45) is 0. The van der Waals surface area contributed by atoms with E-state index in [1.165, 1.54) is 12.0 Å². The second kappa shape index (κ2) is 7.19. The van der Waals surface area contributed by atoms with Crippen molar-refractivity contribution in [1.82, 2.24) is 4.90 Å². The number of methoxy groups -OCH3 is 1. The smallest absolute Gasteiger partial charge is 0.317 e. The number of ether oxygens (including phenoxy) is 1. The van der Waals surface area contributed by atoms with Crippen LogP contribution in [0.25, 0.3) is 0 Å². The van der Waals surface area contributed by atoms with Gasteiger partial charge in [0.2, 0.25) is 0 Å². The van der Waals surface area contributed by atoms with E-state index in [2.05, 4.69) is 0 Å². The second-order valence-corrected chi connectivity index (χ2v) is 3.96. The number of carbonyl (C=O) groups is 2. The van der Waals surface area contributed by atoms with Gasteiger partial charge in [-0.15, -0.1) is 0 Å². The molecular formula is C10H19NO5. The Morgan fingerprint density at radius 3 is 1.88 bits per heavy atom. The SMILES string of the molecule is COCC(C(C)C)N(CC(=O)O)CC(=O)O. The summed E-state index contributed by atoms with van der Waals surface area (Å²) >= 11 is 0. The van der Waals surface area contributed by atoms with Crippen molar-refractivity contribution in [3.8, 4) is 0 Å². The second-order valence-electron chi connectivity index (χ2n) is 3.96. The predicted molar refractivity (Wildman–Crippen MR) is 57.3 cm³/mol. The van der Waals surface area contributed by atoms with Crippen LogP contribution in [-0.2, 0) is 14.3 Å². The van der Waals surface area contributed by atoms with Gasteiger partial charge in [0.25, 0.3) is 0 Å². The highest BCUT2D eigenvalue weighted by Crippen LogP contribution is 2.11. The molecule has 0 saturated carbocycles. The Hall–Kier alpha value is -1.14. The molecule has 6 nitrogen and oxygen atoms in total. The first-order valence-electron chi connectivity index (χ1n) is 5.05. The summed E-state index contributed by atoms with van der Waals surface area (Å²) in [7, 11) is 1.51. The summed E-state index contributed by atoms with van der Waals surface area (Å²) in [5, 5.41) is 17.4. The lowest BCUT2D eigenvalue weighted by atomic mass is 10.0. The van der Waals surface area contributed by atoms with E-state index in [9.17, 15) is 9.59 Å². The van der Waals surface area contributed by atoms with Gasteiger partial charge >= 0.3 is 11.9 Å². The Morgan fingerprint density at radius 2 is 1.62 bits per heavy atom. The van der Waals surface area contributed by atoms with Gasteiger partial charge in [0.1, 0.15) is 0 Å². The normalized spacial score (nSPS) is 13.1. The molecule has 0 heterocycles. The Kier molecular flexibility index (Phi) is 6.67. The van der Waals surface area contributed by atoms with Crippen LogP contribution in [0.3, 0.4) is 0 Å². The first kappa shape index (κ1) is 14.9. The molecule has 0 fully saturated rings. The maximum Gasteiger partial charge on any atom is 0.317 e. The van der Waals surface area contributed by atoms with Crippen molar-refractivity contribution in [1.29, 1.82) is 0 Å². The number of carboxylic acids is 2. The number of hydrogen-bond donors (Lipinski definition) is 2. The summed E-state index contributed by atoms with van der Waals surface area (Å²) in [5.74, 6) is -1.95. The van der Waals surface area contributed by atoms with Crippen LogP contribution in [0.4, 0.5) is 0 Å². The Labute approximate surface area is 94.8 Å². The van der Waals surface area contributed by atoms with Crippen LogP contribution in [0.5, 0.6) is 0 Å². The van der Waals surface area contributed by atoms with Crippen molar-refractivity contribution < 1.29 is 24.5 Å². The zero-order chi connectivity index (χ0) is 12.7. The Morgan fingerprint density at radius 1 is 1.19 bits per heavy atom. The van der Waals surface area contributed by atoms with Crippen molar-refractivity contribution in [3.05, 3.63) is 0 Å². The summed E-state index contributed by atoms with van der Waals surface area (Å²) in [5.41, 5.74) is 0. The fourth-order valence-corrected chi connectivity index (χ4v) is 1.53. The molecule has 0 spiro atoms. The molecule has 16 heavy (non-hydrogen) atoms. The van der Waals surface area contributed by atoms with Crippen molar-refractivity contribution in [2.45, 2.75) is 19.9 Å². The molecule has 0 bridgehead atoms. The molecule has 0 aliphatic carbocycles. The molecule has 0 aliphatic heterocycles. The molecule has 0 amide bonds. The maximum absolute atomic E-state index is 10.6. The number of hydrogen-bond acceptors (Lipinski definition) is 4. The highest BCUT2D eigenvalue weighted by Gasteiger charge is 2.25. The van der Waals surface area contributed by atoms with Gasteiger partial charge in [-0.2, -0.15) is 0 Å². The zero-order valence-corrected chi connectivity index (χ0v) is 9.84. The first-order chi connectivity index (χ1) is 7.38. The van der Waals surface area contributed by atoms with Crippen molar-refractivity contribution >= 4 is 11.9 Å². The number of aliphatic carboxylic acids is 2. The largest absolute Gasteiger partial charge is 0.480 e. The van der Waals surface area contributed by atoms with Gasteiger partial charge in [0.05, 0.1) is 19.7 Å². The molecule has 1 atom stereocenters. The highest BCUT2D eigenvalue weighted by molar-refractivity contribution is 5.72. The van der Waals surface area contributed by atoms with E-state index in [0.717, 1.165) is 0 Å². The number of rotatable bonds is 8. The van der Waals surface area contributed by atoms with Crippen LogP contribution in [0.1, 0.15) is 13.8 Å². The van der Waals surface area contributed by atoms with Gasteiger partial charge in [-0.05, 0) is 5.92 Å². The molecular weight excluding hydrogens is 214 g/mol. The zero-order valence-electron chi connectivity index (χ0n) is 9.84. The highest BCUT2D eigenvalue weighted by atomic mass is 16.5. The minimum absolute atomic E-state index is 0.124. The molecule has 2 N–H and O–H groups in total. The van der Waals surface area contributed by atoms with Crippen molar-refractivity contribution in [2.75, 3.05) is 26.8 Å². The third-order valence-electron chi connectivity index (χ3n) is 2.25. The fourth-order valence-electron chi connectivity index (χ4n) is 1.53. The maximum atomic E-state index is 10.6. The summed E-state index contributed by atoms with van der Waals surface area (Å²) in [6, 6.07) is -0.211. The molecule has 6 heteroatoms. The molecule has 0 rings (SSSR count). The van der Waals surface area contributed by atoms with E-state index < -0.39 is 11.9 Å². The van der Waals surface area contributed by atoms with Crippen LogP contribution >= 0.6 is 0 Å². The van der Waals surface area contributed by atoms with Gasteiger partial charge in [0, 0.05) is 13.2 Å². The predicted octanol–water partition coefficient (Wildman–Crippen LogP) is 0.129. The molecule has 0 saturated heterocycles. The van der Waals surface area contributed by atoms with Crippen LogP contribution in [-0.4, -0.2) is 59.9 Å². The minimum Gasteiger partial charge on any atom is -0.480 e. The molecule has 0 aromatic carbocycles. The quantitative estimate of drug-likeness (QED) is 0.619. The molecule has 0 aromatic heterocycles. The molecule has 1 unspecified atom stereocenters. The van der Waals surface area contributed by atoms with Crippen molar-refractivity contribution in [2.24, 2.45) is 5.92 Å². The third kappa shape index (κ3) is 5.67. The molecule has 0 aromatic rings. The lowest BCUT2D eigenvalue weighted by Gasteiger charge is -2.31. The van der Waals surface area contributed by atoms with Gasteiger partial charge in [-0.1, -0.05) is 13.8 Å². The summed E-state index contributed by atoms with van der Waals surface area (Å²) in [6.45, 7) is 3.54. The van der Waals surface area contributed by atoms with E-state index in [-0.39, 0.29) is 25.0 Å². The van der Waals surface area contributed by atoms with E-state index >= 15 is 0 Å². The van der Waals surface area contributed by atoms with Gasteiger partial charge < -0.3 is 14.9 Å². The lowest BCUT2D eigenvalue weighted by Crippen LogP contribution is -2.47. The Balaban J connectivity index is 4.65. The first-order valence-corrected chi connectivity index (χ1v) is 5.05. The standard InChI is InChI=1S/C10H19NO5/c1-7(2)8(6-16-3)11(4-9(12)13)5-10(14)15/h7-8H,4-6H2,1-3H3,(H,12,13)(H,14,15). The van der Waals surface area contributed by atoms with Crippen LogP contribution < -0.4 is 0 Å². The Bertz CT molecular complexity index is 225. The van der Waals surface area contributed by atoms with E-state index in [1.54, 1.807) is 0 Å². The van der Waals surface area contributed by atoms with Gasteiger partial charge in [-0.3, -0.25) is 14.5 Å². The van der Waals surface area contributed by atoms with E-state index in [4.69, 9.17) is 14.9 Å². The topological polar surface area (TPSA) is 87.1 Å². The van der Waals surface area contributed by atoms with Gasteiger partial charge in [0.15, 0.2) is 0 Å². The van der Waals surface area contributed by atoms with Gasteiger partial charge in [-0.25, -0.2) is 0 Å². The lowest BCUT2D eigenvalue weighted by molar-refractivity contribution is -0.143. The minimum atomic E-state index is -1.04. The van der Waals surface area contributed by atoms with Crippen LogP contribution in [0.15, 0.2) is 0 Å². The number of carboxylic acid groups (broad SMARTS) is 2. The summed E-state index contributed by atoms with van der Waals surface area (Å²) < 4.78 is 4.98. The monoisotopic (exact) mass is 233 g/mol. The summed E-state index contributed by atoms with van der Waals surface area (Å²) in [4.78, 5) is 22.7. The van der Waals surface area contributed by atoms with Crippen LogP contribution in [0.2, 0.25) is 0 Å². The average molecular weight is 233 g/mol. The molecule has 0 radical (unpaired) electrons. The average Bonchev–Trinajstić information content (AvgIpc) is 2.10. The third-order valence-corrected chi connectivity index (χ3v) is 2.25. The van der Waals surface area contributed by atoms with Crippen molar-refractivity contribution in [3.63, 3.8) is 0 Å².